The molecule has 0 aromatic heterocycles. The van der Waals surface area contributed by atoms with Crippen LogP contribution in [0.5, 0.6) is 0 Å². The monoisotopic (exact) mass is 277 g/mol. The third kappa shape index (κ3) is 4.43. The number of benzene rings is 1. The van der Waals surface area contributed by atoms with Crippen LogP contribution in [0.3, 0.4) is 0 Å². The van der Waals surface area contributed by atoms with Gasteiger partial charge in [0, 0.05) is 0 Å². The molecule has 0 amide bonds. The summed E-state index contributed by atoms with van der Waals surface area (Å²) in [5, 5.41) is 8.40. The fourth-order valence-electron chi connectivity index (χ4n) is 2.46. The molecule has 1 aromatic rings. The highest BCUT2D eigenvalue weighted by molar-refractivity contribution is 5.15. The van der Waals surface area contributed by atoms with E-state index in [9.17, 15) is 8.78 Å². The normalized spacial score (nSPS) is 23.4. The molecular weight excluding hydrogens is 260 g/mol. The van der Waals surface area contributed by atoms with E-state index < -0.39 is 5.83 Å². The highest BCUT2D eigenvalue weighted by Gasteiger charge is 2.20. The van der Waals surface area contributed by atoms with Gasteiger partial charge in [-0.3, -0.25) is 0 Å². The van der Waals surface area contributed by atoms with Crippen molar-refractivity contribution in [2.45, 2.75) is 38.4 Å². The van der Waals surface area contributed by atoms with Gasteiger partial charge in [0.15, 0.2) is 5.83 Å². The van der Waals surface area contributed by atoms with Crippen LogP contribution in [0.1, 0.15) is 31.2 Å². The van der Waals surface area contributed by atoms with Crippen molar-refractivity contribution in [1.82, 2.24) is 0 Å². The minimum Gasteiger partial charge on any atom is -0.374 e. The van der Waals surface area contributed by atoms with Gasteiger partial charge in [0.1, 0.15) is 11.9 Å². The van der Waals surface area contributed by atoms with Crippen molar-refractivity contribution in [2.24, 2.45) is 5.92 Å². The lowest BCUT2D eigenvalue weighted by Gasteiger charge is -2.26. The second-order valence-corrected chi connectivity index (χ2v) is 5.10. The Kier molecular flexibility index (Phi) is 5.25. The summed E-state index contributed by atoms with van der Waals surface area (Å²) in [6.45, 7) is 0.470. The van der Waals surface area contributed by atoms with Crippen molar-refractivity contribution in [3.63, 3.8) is 0 Å². The average molecular weight is 277 g/mol. The van der Waals surface area contributed by atoms with Gasteiger partial charge in [-0.15, -0.1) is 0 Å². The Balaban J connectivity index is 1.75. The van der Waals surface area contributed by atoms with Crippen molar-refractivity contribution >= 4 is 0 Å². The molecule has 0 heterocycles. The molecule has 0 spiro atoms. The molecule has 0 aliphatic heterocycles. The lowest BCUT2D eigenvalue weighted by atomic mass is 9.87. The van der Waals surface area contributed by atoms with E-state index in [1.165, 1.54) is 24.3 Å². The summed E-state index contributed by atoms with van der Waals surface area (Å²) in [7, 11) is 0. The van der Waals surface area contributed by atoms with E-state index in [0.29, 0.717) is 6.61 Å². The molecule has 0 saturated heterocycles. The molecular formula is C16H17F2NO. The van der Waals surface area contributed by atoms with Crippen LogP contribution in [-0.2, 0) is 11.3 Å². The molecule has 1 aliphatic rings. The van der Waals surface area contributed by atoms with Crippen LogP contribution in [0, 0.1) is 23.1 Å². The van der Waals surface area contributed by atoms with Gasteiger partial charge in [0.25, 0.3) is 0 Å². The van der Waals surface area contributed by atoms with Crippen LogP contribution >= 0.6 is 0 Å². The topological polar surface area (TPSA) is 33.0 Å². The van der Waals surface area contributed by atoms with E-state index >= 15 is 0 Å². The molecule has 1 aliphatic carbocycles. The smallest absolute Gasteiger partial charge is 0.196 e. The van der Waals surface area contributed by atoms with Crippen molar-refractivity contribution in [3.05, 3.63) is 47.5 Å². The van der Waals surface area contributed by atoms with Gasteiger partial charge in [-0.05, 0) is 55.4 Å². The summed E-state index contributed by atoms with van der Waals surface area (Å²) in [5.74, 6) is -0.804. The van der Waals surface area contributed by atoms with Crippen LogP contribution in [0.2, 0.25) is 0 Å². The number of rotatable bonds is 4. The van der Waals surface area contributed by atoms with Crippen LogP contribution in [0.4, 0.5) is 8.78 Å². The van der Waals surface area contributed by atoms with Crippen molar-refractivity contribution < 1.29 is 13.5 Å². The zero-order valence-electron chi connectivity index (χ0n) is 11.2. The quantitative estimate of drug-likeness (QED) is 0.770. The van der Waals surface area contributed by atoms with Crippen LogP contribution in [-0.4, -0.2) is 6.10 Å². The maximum Gasteiger partial charge on any atom is 0.196 e. The Labute approximate surface area is 117 Å². The second kappa shape index (κ2) is 7.16. The molecule has 2 nitrogen and oxygen atoms in total. The number of ether oxygens (including phenoxy) is 1. The van der Waals surface area contributed by atoms with Gasteiger partial charge < -0.3 is 4.74 Å². The highest BCUT2D eigenvalue weighted by atomic mass is 19.1. The molecule has 0 unspecified atom stereocenters. The van der Waals surface area contributed by atoms with Crippen LogP contribution in [0.15, 0.2) is 36.2 Å². The van der Waals surface area contributed by atoms with Crippen LogP contribution < -0.4 is 0 Å². The van der Waals surface area contributed by atoms with E-state index in [1.54, 1.807) is 12.1 Å². The van der Waals surface area contributed by atoms with E-state index in [4.69, 9.17) is 10.00 Å². The van der Waals surface area contributed by atoms with Crippen molar-refractivity contribution in [2.75, 3.05) is 0 Å². The number of hydrogen-bond acceptors (Lipinski definition) is 2. The zero-order valence-corrected chi connectivity index (χ0v) is 11.2. The van der Waals surface area contributed by atoms with Gasteiger partial charge in [0.05, 0.1) is 12.7 Å². The van der Waals surface area contributed by atoms with E-state index in [-0.39, 0.29) is 17.8 Å². The molecule has 1 fully saturated rings. The third-order valence-corrected chi connectivity index (χ3v) is 3.61. The van der Waals surface area contributed by atoms with Gasteiger partial charge in [-0.25, -0.2) is 4.39 Å². The van der Waals surface area contributed by atoms with Gasteiger partial charge in [-0.2, -0.15) is 9.65 Å². The summed E-state index contributed by atoms with van der Waals surface area (Å²) >= 11 is 0. The summed E-state index contributed by atoms with van der Waals surface area (Å²) in [4.78, 5) is 0. The first-order chi connectivity index (χ1) is 9.67. The average Bonchev–Trinajstić information content (AvgIpc) is 2.48. The fourth-order valence-corrected chi connectivity index (χ4v) is 2.46. The largest absolute Gasteiger partial charge is 0.374 e. The molecule has 1 aromatic carbocycles. The lowest BCUT2D eigenvalue weighted by molar-refractivity contribution is 0.0109. The number of halogens is 2. The van der Waals surface area contributed by atoms with E-state index in [2.05, 4.69) is 0 Å². The molecule has 20 heavy (non-hydrogen) atoms. The zero-order chi connectivity index (χ0) is 14.4. The predicted octanol–water partition coefficient (Wildman–Crippen LogP) is 4.28. The van der Waals surface area contributed by atoms with Gasteiger partial charge >= 0.3 is 0 Å². The first kappa shape index (κ1) is 14.7. The maximum absolute atomic E-state index is 12.9. The minimum absolute atomic E-state index is 0.139. The Morgan fingerprint density at radius 1 is 1.25 bits per heavy atom. The van der Waals surface area contributed by atoms with E-state index in [1.807, 2.05) is 0 Å². The Bertz CT molecular complexity index is 496. The van der Waals surface area contributed by atoms with Gasteiger partial charge in [0.2, 0.25) is 0 Å². The molecule has 0 radical (unpaired) electrons. The first-order valence-corrected chi connectivity index (χ1v) is 6.81. The molecule has 0 atom stereocenters. The molecule has 106 valence electrons. The fraction of sp³-hybridized carbons (Fsp3) is 0.438. The summed E-state index contributed by atoms with van der Waals surface area (Å²) in [6.07, 6.45) is 4.97. The highest BCUT2D eigenvalue weighted by Crippen LogP contribution is 2.28. The molecule has 2 rings (SSSR count). The summed E-state index contributed by atoms with van der Waals surface area (Å²) in [6, 6.07) is 7.78. The van der Waals surface area contributed by atoms with Gasteiger partial charge in [-0.1, -0.05) is 12.1 Å². The molecule has 4 heteroatoms. The maximum atomic E-state index is 12.9. The number of nitriles is 1. The SMILES string of the molecule is N#CC(F)=C[C@H]1CC[C@H](OCc2ccc(F)cc2)CC1. The summed E-state index contributed by atoms with van der Waals surface area (Å²) in [5.41, 5.74) is 0.948. The second-order valence-electron chi connectivity index (χ2n) is 5.10. The minimum atomic E-state index is -0.694. The van der Waals surface area contributed by atoms with Crippen molar-refractivity contribution in [3.8, 4) is 6.07 Å². The van der Waals surface area contributed by atoms with Crippen molar-refractivity contribution in [1.29, 1.82) is 5.26 Å². The Morgan fingerprint density at radius 2 is 1.90 bits per heavy atom. The molecule has 0 bridgehead atoms. The number of allylic oxidation sites excluding steroid dienone is 2. The number of hydrogen-bond donors (Lipinski definition) is 0. The molecule has 0 N–H and O–H groups in total. The summed E-state index contributed by atoms with van der Waals surface area (Å²) < 4.78 is 31.4. The first-order valence-electron chi connectivity index (χ1n) is 6.81. The Morgan fingerprint density at radius 3 is 2.50 bits per heavy atom. The standard InChI is InChI=1S/C16H17F2NO/c17-14-5-1-13(2-6-14)11-20-16-7-3-12(4-8-16)9-15(18)10-19/h1-2,5-6,9,12,16H,3-4,7-8,11H2/t12-,16-. The predicted molar refractivity (Wildman–Crippen MR) is 71.7 cm³/mol. The number of nitrogens with zero attached hydrogens (tertiary/aromatic N) is 1. The lowest BCUT2D eigenvalue weighted by Crippen LogP contribution is -2.20. The molecule has 1 saturated carbocycles. The van der Waals surface area contributed by atoms with E-state index in [0.717, 1.165) is 31.2 Å². The third-order valence-electron chi connectivity index (χ3n) is 3.61. The Hall–Kier alpha value is -1.73. The van der Waals surface area contributed by atoms with Crippen LogP contribution in [0.25, 0.3) is 0 Å².